The predicted molar refractivity (Wildman–Crippen MR) is 99.5 cm³/mol. The van der Waals surface area contributed by atoms with E-state index in [0.29, 0.717) is 18.1 Å². The van der Waals surface area contributed by atoms with Crippen LogP contribution in [-0.4, -0.2) is 58.7 Å². The molecule has 0 amide bonds. The van der Waals surface area contributed by atoms with Crippen LogP contribution < -0.4 is 0 Å². The molecule has 134 valence electrons. The summed E-state index contributed by atoms with van der Waals surface area (Å²) in [6.45, 7) is 7.31. The lowest BCUT2D eigenvalue weighted by Gasteiger charge is -2.41. The second kappa shape index (κ2) is 7.50. The van der Waals surface area contributed by atoms with E-state index in [0.717, 1.165) is 44.2 Å². The predicted octanol–water partition coefficient (Wildman–Crippen LogP) is 2.57. The normalized spacial score (nSPS) is 27.5. The molecular formula is C19H26N4OS. The molecular weight excluding hydrogens is 332 g/mol. The molecule has 0 spiro atoms. The molecule has 0 unspecified atom stereocenters. The number of hydrogen-bond donors (Lipinski definition) is 0. The summed E-state index contributed by atoms with van der Waals surface area (Å²) in [4.78, 5) is 14.1. The number of pyridine rings is 1. The van der Waals surface area contributed by atoms with E-state index >= 15 is 0 Å². The molecule has 4 rings (SSSR count). The Balaban J connectivity index is 1.47. The number of aromatic nitrogens is 2. The number of ether oxygens (including phenoxy) is 1. The molecule has 2 saturated heterocycles. The highest BCUT2D eigenvalue weighted by Gasteiger charge is 2.44. The monoisotopic (exact) mass is 358 g/mol. The van der Waals surface area contributed by atoms with Gasteiger partial charge in [-0.05, 0) is 25.0 Å². The molecule has 0 radical (unpaired) electrons. The van der Waals surface area contributed by atoms with Crippen molar-refractivity contribution in [3.05, 3.63) is 46.2 Å². The van der Waals surface area contributed by atoms with Gasteiger partial charge in [-0.3, -0.25) is 14.8 Å². The third-order valence-electron chi connectivity index (χ3n) is 5.52. The van der Waals surface area contributed by atoms with Gasteiger partial charge in [0.2, 0.25) is 0 Å². The Morgan fingerprint density at radius 1 is 1.32 bits per heavy atom. The summed E-state index contributed by atoms with van der Waals surface area (Å²) >= 11 is 1.74. The zero-order valence-electron chi connectivity index (χ0n) is 15.0. The second-order valence-corrected chi connectivity index (χ2v) is 8.24. The average molecular weight is 359 g/mol. The van der Waals surface area contributed by atoms with E-state index in [1.165, 1.54) is 11.3 Å². The summed E-state index contributed by atoms with van der Waals surface area (Å²) in [6, 6.07) is 4.76. The molecule has 2 aromatic rings. The summed E-state index contributed by atoms with van der Waals surface area (Å²) in [5, 5.41) is 3.35. The van der Waals surface area contributed by atoms with Gasteiger partial charge in [-0.1, -0.05) is 6.07 Å². The van der Waals surface area contributed by atoms with Crippen molar-refractivity contribution in [3.63, 3.8) is 0 Å². The first kappa shape index (κ1) is 17.1. The highest BCUT2D eigenvalue weighted by atomic mass is 32.1. The Morgan fingerprint density at radius 3 is 2.96 bits per heavy atom. The van der Waals surface area contributed by atoms with E-state index in [-0.39, 0.29) is 0 Å². The van der Waals surface area contributed by atoms with Crippen molar-refractivity contribution >= 4 is 11.3 Å². The van der Waals surface area contributed by atoms with Crippen molar-refractivity contribution in [3.8, 4) is 0 Å². The highest BCUT2D eigenvalue weighted by molar-refractivity contribution is 7.09. The lowest BCUT2D eigenvalue weighted by Crippen LogP contribution is -2.50. The van der Waals surface area contributed by atoms with E-state index in [1.54, 1.807) is 11.3 Å². The molecule has 2 aromatic heterocycles. The zero-order valence-corrected chi connectivity index (χ0v) is 15.8. The van der Waals surface area contributed by atoms with Crippen molar-refractivity contribution in [2.45, 2.75) is 38.6 Å². The second-order valence-electron chi connectivity index (χ2n) is 7.18. The van der Waals surface area contributed by atoms with E-state index in [1.807, 2.05) is 25.6 Å². The first-order valence-corrected chi connectivity index (χ1v) is 9.90. The van der Waals surface area contributed by atoms with Crippen LogP contribution in [0.1, 0.15) is 22.7 Å². The number of rotatable bonds is 5. The number of nitrogens with zero attached hydrogens (tertiary/aromatic N) is 4. The molecule has 0 N–H and O–H groups in total. The van der Waals surface area contributed by atoms with E-state index in [2.05, 4.69) is 38.1 Å². The van der Waals surface area contributed by atoms with Crippen molar-refractivity contribution in [1.29, 1.82) is 0 Å². The maximum atomic E-state index is 5.83. The molecule has 3 atom stereocenters. The number of likely N-dealkylation sites (tertiary alicyclic amines) is 2. The largest absolute Gasteiger partial charge is 0.381 e. The minimum Gasteiger partial charge on any atom is -0.381 e. The minimum atomic E-state index is 0.373. The first-order valence-electron chi connectivity index (χ1n) is 9.02. The van der Waals surface area contributed by atoms with Gasteiger partial charge in [0.1, 0.15) is 0 Å². The van der Waals surface area contributed by atoms with Crippen LogP contribution in [0.5, 0.6) is 0 Å². The van der Waals surface area contributed by atoms with Gasteiger partial charge < -0.3 is 4.74 Å². The van der Waals surface area contributed by atoms with Crippen LogP contribution in [0.15, 0.2) is 29.9 Å². The summed E-state index contributed by atoms with van der Waals surface area (Å²) in [5.41, 5.74) is 2.50. The number of aryl methyl sites for hydroxylation is 1. The van der Waals surface area contributed by atoms with Crippen LogP contribution in [0.3, 0.4) is 0 Å². The van der Waals surface area contributed by atoms with E-state index in [4.69, 9.17) is 4.74 Å². The lowest BCUT2D eigenvalue weighted by atomic mass is 9.88. The maximum Gasteiger partial charge on any atom is 0.0897 e. The number of piperidine rings is 1. The van der Waals surface area contributed by atoms with Crippen LogP contribution in [0.25, 0.3) is 0 Å². The quantitative estimate of drug-likeness (QED) is 0.822. The Labute approximate surface area is 153 Å². The molecule has 0 bridgehead atoms. The van der Waals surface area contributed by atoms with Gasteiger partial charge in [0.15, 0.2) is 0 Å². The first-order chi connectivity index (χ1) is 12.2. The Kier molecular flexibility index (Phi) is 5.12. The highest BCUT2D eigenvalue weighted by Crippen LogP contribution is 2.34. The molecule has 0 aromatic carbocycles. The Bertz CT molecular complexity index is 692. The molecule has 25 heavy (non-hydrogen) atoms. The fraction of sp³-hybridized carbons (Fsp3) is 0.579. The van der Waals surface area contributed by atoms with Gasteiger partial charge in [-0.15, -0.1) is 11.3 Å². The topological polar surface area (TPSA) is 41.5 Å². The standard InChI is InChI=1S/C19H26N4OS/c1-14-21-16(13-25-14)10-22-11-17-18(12-22)23(7-5-19(17)24-2)9-15-4-3-6-20-8-15/h3-4,6,8,13,17-19H,5,7,9-12H2,1-2H3/t17-,18+,19-/m0/s1. The molecule has 4 heterocycles. The van der Waals surface area contributed by atoms with Crippen LogP contribution in [0, 0.1) is 12.8 Å². The van der Waals surface area contributed by atoms with Crippen molar-refractivity contribution in [2.75, 3.05) is 26.7 Å². The Hall–Kier alpha value is -1.34. The third-order valence-corrected chi connectivity index (χ3v) is 6.34. The molecule has 0 saturated carbocycles. The van der Waals surface area contributed by atoms with Gasteiger partial charge in [-0.2, -0.15) is 0 Å². The summed E-state index contributed by atoms with van der Waals surface area (Å²) < 4.78 is 5.83. The van der Waals surface area contributed by atoms with Crippen LogP contribution in [0.4, 0.5) is 0 Å². The molecule has 2 aliphatic heterocycles. The van der Waals surface area contributed by atoms with Gasteiger partial charge in [-0.25, -0.2) is 4.98 Å². The molecule has 5 nitrogen and oxygen atoms in total. The number of fused-ring (bicyclic) bond motifs is 1. The average Bonchev–Trinajstić information content (AvgIpc) is 3.23. The van der Waals surface area contributed by atoms with Crippen LogP contribution in [0.2, 0.25) is 0 Å². The number of hydrogen-bond acceptors (Lipinski definition) is 6. The van der Waals surface area contributed by atoms with Gasteiger partial charge >= 0.3 is 0 Å². The maximum absolute atomic E-state index is 5.83. The van der Waals surface area contributed by atoms with Gasteiger partial charge in [0, 0.05) is 69.6 Å². The van der Waals surface area contributed by atoms with Gasteiger partial charge in [0.05, 0.1) is 16.8 Å². The Morgan fingerprint density at radius 2 is 2.24 bits per heavy atom. The summed E-state index contributed by atoms with van der Waals surface area (Å²) in [5.74, 6) is 0.579. The number of methoxy groups -OCH3 is 1. The summed E-state index contributed by atoms with van der Waals surface area (Å²) in [7, 11) is 1.87. The van der Waals surface area contributed by atoms with Crippen molar-refractivity contribution in [2.24, 2.45) is 5.92 Å². The van der Waals surface area contributed by atoms with Crippen molar-refractivity contribution < 1.29 is 4.74 Å². The smallest absolute Gasteiger partial charge is 0.0897 e. The van der Waals surface area contributed by atoms with Gasteiger partial charge in [0.25, 0.3) is 0 Å². The molecule has 2 fully saturated rings. The molecule has 2 aliphatic rings. The van der Waals surface area contributed by atoms with E-state index < -0.39 is 0 Å². The fourth-order valence-electron chi connectivity index (χ4n) is 4.37. The third kappa shape index (κ3) is 3.77. The van der Waals surface area contributed by atoms with Crippen LogP contribution >= 0.6 is 11.3 Å². The van der Waals surface area contributed by atoms with Crippen molar-refractivity contribution in [1.82, 2.24) is 19.8 Å². The summed E-state index contributed by atoms with van der Waals surface area (Å²) in [6.07, 6.45) is 5.32. The van der Waals surface area contributed by atoms with E-state index in [9.17, 15) is 0 Å². The fourth-order valence-corrected chi connectivity index (χ4v) is 4.98. The lowest BCUT2D eigenvalue weighted by molar-refractivity contribution is -0.0245. The molecule has 6 heteroatoms. The SMILES string of the molecule is CO[C@H]1CCN(Cc2cccnc2)[C@@H]2CN(Cc3csc(C)n3)C[C@H]12. The number of thiazole rings is 1. The van der Waals surface area contributed by atoms with Crippen LogP contribution in [-0.2, 0) is 17.8 Å². The molecule has 0 aliphatic carbocycles. The minimum absolute atomic E-state index is 0.373. The zero-order chi connectivity index (χ0) is 17.2.